The van der Waals surface area contributed by atoms with Crippen LogP contribution in [0.5, 0.6) is 5.75 Å². The Morgan fingerprint density at radius 2 is 1.89 bits per heavy atom. The van der Waals surface area contributed by atoms with Crippen LogP contribution in [0, 0.1) is 0 Å². The van der Waals surface area contributed by atoms with Crippen LogP contribution >= 0.6 is 35.4 Å². The number of ether oxygens (including phenoxy) is 1. The van der Waals surface area contributed by atoms with E-state index in [1.165, 1.54) is 30.3 Å². The number of phenols is 1. The number of alkyl carbamates (subject to hydrolysis) is 1. The summed E-state index contributed by atoms with van der Waals surface area (Å²) >= 11 is 17.0. The quantitative estimate of drug-likeness (QED) is 0.539. The van der Waals surface area contributed by atoms with Crippen LogP contribution in [0.1, 0.15) is 17.3 Å². The first-order chi connectivity index (χ1) is 12.8. The number of halogens is 2. The Morgan fingerprint density at radius 1 is 1.15 bits per heavy atom. The molecule has 7 nitrogen and oxygen atoms in total. The number of phenolic OH excluding ortho intramolecular Hbond substituents is 1. The number of carbonyl (C=O) groups is 2. The molecular weight excluding hydrogens is 413 g/mol. The molecule has 142 valence electrons. The molecule has 27 heavy (non-hydrogen) atoms. The molecule has 0 saturated heterocycles. The van der Waals surface area contributed by atoms with E-state index in [9.17, 15) is 14.7 Å². The van der Waals surface area contributed by atoms with Gasteiger partial charge in [0.1, 0.15) is 5.75 Å². The molecule has 2 amide bonds. The highest BCUT2D eigenvalue weighted by atomic mass is 35.5. The van der Waals surface area contributed by atoms with E-state index < -0.39 is 12.0 Å². The Balaban J connectivity index is 2.06. The normalized spacial score (nSPS) is 10.0. The smallest absolute Gasteiger partial charge is 0.413 e. The zero-order valence-corrected chi connectivity index (χ0v) is 16.3. The lowest BCUT2D eigenvalue weighted by Gasteiger charge is -2.12. The highest BCUT2D eigenvalue weighted by Crippen LogP contribution is 2.28. The van der Waals surface area contributed by atoms with Crippen LogP contribution in [-0.2, 0) is 4.74 Å². The summed E-state index contributed by atoms with van der Waals surface area (Å²) in [6.07, 6.45) is -0.675. The number of carbonyl (C=O) groups excluding carboxylic acids is 2. The van der Waals surface area contributed by atoms with Gasteiger partial charge >= 0.3 is 6.09 Å². The van der Waals surface area contributed by atoms with Crippen molar-refractivity contribution in [2.24, 2.45) is 0 Å². The summed E-state index contributed by atoms with van der Waals surface area (Å²) < 4.78 is 4.72. The van der Waals surface area contributed by atoms with Crippen LogP contribution in [0.15, 0.2) is 36.4 Å². The van der Waals surface area contributed by atoms with E-state index in [1.54, 1.807) is 13.0 Å². The summed E-state index contributed by atoms with van der Waals surface area (Å²) in [5, 5.41) is 18.0. The maximum absolute atomic E-state index is 12.3. The summed E-state index contributed by atoms with van der Waals surface area (Å²) in [6.45, 7) is 1.89. The fourth-order valence-electron chi connectivity index (χ4n) is 2.00. The number of anilines is 2. The molecule has 2 rings (SSSR count). The van der Waals surface area contributed by atoms with Crippen LogP contribution in [-0.4, -0.2) is 28.8 Å². The summed E-state index contributed by atoms with van der Waals surface area (Å²) in [4.78, 5) is 23.6. The Hall–Kier alpha value is -2.55. The van der Waals surface area contributed by atoms with E-state index in [1.807, 2.05) is 0 Å². The summed E-state index contributed by atoms with van der Waals surface area (Å²) in [5.74, 6) is -0.779. The number of hydrogen-bond donors (Lipinski definition) is 4. The predicted molar refractivity (Wildman–Crippen MR) is 109 cm³/mol. The van der Waals surface area contributed by atoms with Crippen molar-refractivity contribution >= 4 is 63.9 Å². The molecule has 0 aliphatic carbocycles. The van der Waals surface area contributed by atoms with Gasteiger partial charge in [-0.25, -0.2) is 4.79 Å². The van der Waals surface area contributed by atoms with Gasteiger partial charge in [0.2, 0.25) is 0 Å². The van der Waals surface area contributed by atoms with Gasteiger partial charge in [0.05, 0.1) is 22.9 Å². The third kappa shape index (κ3) is 5.99. The van der Waals surface area contributed by atoms with Crippen molar-refractivity contribution in [3.05, 3.63) is 52.0 Å². The number of aromatic hydroxyl groups is 1. The average Bonchev–Trinajstić information content (AvgIpc) is 2.59. The maximum atomic E-state index is 12.3. The first kappa shape index (κ1) is 20.8. The minimum absolute atomic E-state index is 0.0144. The summed E-state index contributed by atoms with van der Waals surface area (Å²) in [7, 11) is 0. The van der Waals surface area contributed by atoms with Crippen molar-refractivity contribution in [2.45, 2.75) is 6.92 Å². The first-order valence-corrected chi connectivity index (χ1v) is 8.80. The molecule has 4 N–H and O–H groups in total. The van der Waals surface area contributed by atoms with Gasteiger partial charge in [-0.3, -0.25) is 10.1 Å². The Kier molecular flexibility index (Phi) is 7.23. The van der Waals surface area contributed by atoms with E-state index in [0.29, 0.717) is 16.4 Å². The van der Waals surface area contributed by atoms with E-state index >= 15 is 0 Å². The van der Waals surface area contributed by atoms with Crippen molar-refractivity contribution in [1.82, 2.24) is 5.32 Å². The maximum Gasteiger partial charge on any atom is 0.413 e. The molecule has 0 unspecified atom stereocenters. The molecule has 0 aromatic heterocycles. The van der Waals surface area contributed by atoms with Gasteiger partial charge in [0, 0.05) is 10.7 Å². The SMILES string of the molecule is CCOC(=O)NC(=S)Nc1ccc(NC(=O)c2cc(Cl)ccc2O)c(Cl)c1. The number of rotatable bonds is 4. The molecule has 0 heterocycles. The zero-order valence-electron chi connectivity index (χ0n) is 14.0. The van der Waals surface area contributed by atoms with Crippen molar-refractivity contribution in [3.63, 3.8) is 0 Å². The third-order valence-corrected chi connectivity index (χ3v) is 3.92. The molecular formula is C17H15Cl2N3O4S. The van der Waals surface area contributed by atoms with Crippen LogP contribution < -0.4 is 16.0 Å². The molecule has 0 fully saturated rings. The van der Waals surface area contributed by atoms with Crippen LogP contribution in [0.2, 0.25) is 10.0 Å². The minimum atomic E-state index is -0.675. The van der Waals surface area contributed by atoms with Gasteiger partial charge in [-0.15, -0.1) is 0 Å². The molecule has 0 aliphatic heterocycles. The summed E-state index contributed by atoms with van der Waals surface area (Å²) in [5.41, 5.74) is 0.821. The molecule has 0 saturated carbocycles. The lowest BCUT2D eigenvalue weighted by atomic mass is 10.2. The lowest BCUT2D eigenvalue weighted by Crippen LogP contribution is -2.34. The van der Waals surface area contributed by atoms with Crippen molar-refractivity contribution < 1.29 is 19.4 Å². The molecule has 0 spiro atoms. The third-order valence-electron chi connectivity index (χ3n) is 3.17. The van der Waals surface area contributed by atoms with Gasteiger partial charge in [-0.05, 0) is 55.5 Å². The highest BCUT2D eigenvalue weighted by Gasteiger charge is 2.14. The number of amides is 2. The molecule has 10 heteroatoms. The van der Waals surface area contributed by atoms with Gasteiger partial charge in [0.25, 0.3) is 5.91 Å². The number of benzene rings is 2. The molecule has 0 atom stereocenters. The monoisotopic (exact) mass is 427 g/mol. The second-order valence-electron chi connectivity index (χ2n) is 5.11. The van der Waals surface area contributed by atoms with Gasteiger partial charge in [-0.1, -0.05) is 23.2 Å². The van der Waals surface area contributed by atoms with Crippen LogP contribution in [0.3, 0.4) is 0 Å². The summed E-state index contributed by atoms with van der Waals surface area (Å²) in [6, 6.07) is 8.77. The predicted octanol–water partition coefficient (Wildman–Crippen LogP) is 4.39. The molecule has 0 radical (unpaired) electrons. The fourth-order valence-corrected chi connectivity index (χ4v) is 2.60. The van der Waals surface area contributed by atoms with Crippen LogP contribution in [0.25, 0.3) is 0 Å². The Labute approximate surface area is 170 Å². The molecule has 0 bridgehead atoms. The number of hydrogen-bond acceptors (Lipinski definition) is 5. The second-order valence-corrected chi connectivity index (χ2v) is 6.36. The fraction of sp³-hybridized carbons (Fsp3) is 0.118. The van der Waals surface area contributed by atoms with Crippen molar-refractivity contribution in [2.75, 3.05) is 17.2 Å². The van der Waals surface area contributed by atoms with Gasteiger partial charge in [0.15, 0.2) is 5.11 Å². The molecule has 2 aromatic rings. The van der Waals surface area contributed by atoms with E-state index in [4.69, 9.17) is 40.2 Å². The molecule has 2 aromatic carbocycles. The average molecular weight is 428 g/mol. The van der Waals surface area contributed by atoms with Gasteiger partial charge < -0.3 is 20.5 Å². The topological polar surface area (TPSA) is 99.7 Å². The highest BCUT2D eigenvalue weighted by molar-refractivity contribution is 7.80. The lowest BCUT2D eigenvalue weighted by molar-refractivity contribution is 0.102. The van der Waals surface area contributed by atoms with E-state index in [2.05, 4.69) is 16.0 Å². The van der Waals surface area contributed by atoms with Crippen LogP contribution in [0.4, 0.5) is 16.2 Å². The Morgan fingerprint density at radius 3 is 2.56 bits per heavy atom. The van der Waals surface area contributed by atoms with Crippen molar-refractivity contribution in [1.29, 1.82) is 0 Å². The minimum Gasteiger partial charge on any atom is -0.507 e. The number of nitrogens with one attached hydrogen (secondary N) is 3. The molecule has 0 aliphatic rings. The van der Waals surface area contributed by atoms with E-state index in [-0.39, 0.29) is 28.1 Å². The Bertz CT molecular complexity index is 892. The second kappa shape index (κ2) is 9.40. The van der Waals surface area contributed by atoms with E-state index in [0.717, 1.165) is 0 Å². The van der Waals surface area contributed by atoms with Gasteiger partial charge in [-0.2, -0.15) is 0 Å². The van der Waals surface area contributed by atoms with Crippen molar-refractivity contribution in [3.8, 4) is 5.75 Å². The largest absolute Gasteiger partial charge is 0.507 e. The first-order valence-electron chi connectivity index (χ1n) is 7.64. The standard InChI is InChI=1S/C17H15Cl2N3O4S/c1-2-26-17(25)22-16(27)20-10-4-5-13(12(19)8-10)21-15(24)11-7-9(18)3-6-14(11)23/h3-8,23H,2H2,1H3,(H,21,24)(H2,20,22,25,27). The zero-order chi connectivity index (χ0) is 20.0. The number of thiocarbonyl (C=S) groups is 1.